The molecular weight excluding hydrogens is 510 g/mol. The summed E-state index contributed by atoms with van der Waals surface area (Å²) >= 11 is 1.54. The van der Waals surface area contributed by atoms with Crippen LogP contribution in [0.2, 0.25) is 0 Å². The Balaban J connectivity index is 1.77. The fourth-order valence-corrected chi connectivity index (χ4v) is 5.25. The minimum Gasteiger partial charge on any atom is -0.350 e. The van der Waals surface area contributed by atoms with Crippen molar-refractivity contribution in [2.75, 3.05) is 27.2 Å². The molecule has 3 amide bonds. The van der Waals surface area contributed by atoms with Crippen LogP contribution in [-0.2, 0) is 33.6 Å². The first-order valence-corrected chi connectivity index (χ1v) is 14.1. The van der Waals surface area contributed by atoms with Gasteiger partial charge in [-0.1, -0.05) is 56.8 Å². The number of likely N-dealkylation sites (N-methyl/N-ethyl adjacent to an activating group) is 1. The van der Waals surface area contributed by atoms with Crippen LogP contribution in [0.5, 0.6) is 0 Å². The third-order valence-corrected chi connectivity index (χ3v) is 7.31. The summed E-state index contributed by atoms with van der Waals surface area (Å²) in [5.74, 6) is -0.780. The minimum atomic E-state index is -0.790. The van der Waals surface area contributed by atoms with E-state index in [-0.39, 0.29) is 43.1 Å². The number of aryl methyl sites for hydroxylation is 1. The van der Waals surface area contributed by atoms with E-state index in [0.717, 1.165) is 27.2 Å². The third-order valence-electron chi connectivity index (χ3n) is 6.27. The fourth-order valence-electron chi connectivity index (χ4n) is 4.17. The first kappa shape index (κ1) is 30.0. The predicted molar refractivity (Wildman–Crippen MR) is 158 cm³/mol. The van der Waals surface area contributed by atoms with Gasteiger partial charge in [0, 0.05) is 31.5 Å². The van der Waals surface area contributed by atoms with Crippen LogP contribution in [-0.4, -0.2) is 66.9 Å². The molecule has 0 radical (unpaired) electrons. The molecule has 0 saturated heterocycles. The summed E-state index contributed by atoms with van der Waals surface area (Å²) in [5, 5.41) is 9.62. The van der Waals surface area contributed by atoms with Gasteiger partial charge in [-0.3, -0.25) is 14.4 Å². The minimum absolute atomic E-state index is 0.211. The van der Waals surface area contributed by atoms with Crippen molar-refractivity contribution in [2.45, 2.75) is 51.6 Å². The highest BCUT2D eigenvalue weighted by atomic mass is 32.1. The van der Waals surface area contributed by atoms with Crippen molar-refractivity contribution in [3.63, 3.8) is 0 Å². The maximum atomic E-state index is 13.6. The van der Waals surface area contributed by atoms with E-state index in [1.165, 1.54) is 16.9 Å². The summed E-state index contributed by atoms with van der Waals surface area (Å²) in [6, 6.07) is 14.8. The molecule has 0 fully saturated rings. The number of hydrogen-bond donors (Lipinski definition) is 3. The molecule has 2 atom stereocenters. The highest BCUT2D eigenvalue weighted by Crippen LogP contribution is 2.24. The van der Waals surface area contributed by atoms with Crippen LogP contribution < -0.4 is 16.0 Å². The Morgan fingerprint density at radius 3 is 2.41 bits per heavy atom. The normalized spacial score (nSPS) is 12.6. The molecule has 0 bridgehead atoms. The summed E-state index contributed by atoms with van der Waals surface area (Å²) in [7, 11) is 3.74. The Kier molecular flexibility index (Phi) is 11.2. The molecular formula is C30H39N5O3S. The van der Waals surface area contributed by atoms with Gasteiger partial charge >= 0.3 is 0 Å². The van der Waals surface area contributed by atoms with Gasteiger partial charge in [-0.15, -0.1) is 11.3 Å². The van der Waals surface area contributed by atoms with E-state index in [2.05, 4.69) is 41.6 Å². The zero-order valence-electron chi connectivity index (χ0n) is 23.3. The summed E-state index contributed by atoms with van der Waals surface area (Å²) in [6.45, 7) is 8.39. The van der Waals surface area contributed by atoms with E-state index >= 15 is 0 Å². The molecule has 1 aromatic heterocycles. The predicted octanol–water partition coefficient (Wildman–Crippen LogP) is 3.26. The Labute approximate surface area is 234 Å². The Morgan fingerprint density at radius 1 is 1.00 bits per heavy atom. The number of nitrogens with zero attached hydrogens (tertiary/aromatic N) is 2. The van der Waals surface area contributed by atoms with E-state index < -0.39 is 6.04 Å². The van der Waals surface area contributed by atoms with Crippen molar-refractivity contribution in [3.8, 4) is 0 Å². The molecule has 8 nitrogen and oxygen atoms in total. The fraction of sp³-hybridized carbons (Fsp3) is 0.400. The van der Waals surface area contributed by atoms with Gasteiger partial charge in [-0.2, -0.15) is 0 Å². The van der Waals surface area contributed by atoms with Crippen LogP contribution in [0.3, 0.4) is 0 Å². The van der Waals surface area contributed by atoms with Crippen LogP contribution in [0, 0.1) is 0 Å². The van der Waals surface area contributed by atoms with Crippen LogP contribution in [0.25, 0.3) is 10.2 Å². The van der Waals surface area contributed by atoms with E-state index in [4.69, 9.17) is 4.98 Å². The second-order valence-corrected chi connectivity index (χ2v) is 11.0. The first-order chi connectivity index (χ1) is 18.7. The molecule has 3 N–H and O–H groups in total. The van der Waals surface area contributed by atoms with Crippen LogP contribution >= 0.6 is 11.3 Å². The number of aromatic nitrogens is 1. The van der Waals surface area contributed by atoms with Gasteiger partial charge in [-0.05, 0) is 50.2 Å². The van der Waals surface area contributed by atoms with Crippen LogP contribution in [0.1, 0.15) is 36.4 Å². The Bertz CT molecular complexity index is 1290. The summed E-state index contributed by atoms with van der Waals surface area (Å²) in [4.78, 5) is 45.1. The van der Waals surface area contributed by atoms with Gasteiger partial charge in [0.05, 0.1) is 21.3 Å². The average Bonchev–Trinajstić information content (AvgIpc) is 3.32. The lowest BCUT2D eigenvalue weighted by atomic mass is 10.0. The maximum Gasteiger partial charge on any atom is 0.247 e. The second-order valence-electron chi connectivity index (χ2n) is 9.89. The maximum absolute atomic E-state index is 13.6. The number of thiazole rings is 1. The number of hydrogen-bond acceptors (Lipinski definition) is 6. The topological polar surface area (TPSA) is 103 Å². The molecule has 3 rings (SSSR count). The van der Waals surface area contributed by atoms with Crippen molar-refractivity contribution in [2.24, 2.45) is 0 Å². The standard InChI is InChI=1S/C30H39N5O3S/c1-6-21-13-14-24-26(16-21)39-28(34-24)17-25(33-27(36)7-2)30(38)32-23(15-22-11-9-8-10-12-22)18-31-29(37)20(3)19-35(4)5/h8-14,16,23,25H,3,6-7,15,17-19H2,1-2,4-5H3,(H,31,37)(H,32,38)(H,33,36)/t23-,25-/m0/s1. The number of fused-ring (bicyclic) bond motifs is 1. The van der Waals surface area contributed by atoms with E-state index in [9.17, 15) is 14.4 Å². The van der Waals surface area contributed by atoms with Gasteiger partial charge in [-0.25, -0.2) is 4.98 Å². The van der Waals surface area contributed by atoms with Gasteiger partial charge in [0.1, 0.15) is 6.04 Å². The van der Waals surface area contributed by atoms with Gasteiger partial charge in [0.2, 0.25) is 17.7 Å². The average molecular weight is 550 g/mol. The van der Waals surface area contributed by atoms with Crippen molar-refractivity contribution in [1.29, 1.82) is 0 Å². The van der Waals surface area contributed by atoms with Crippen molar-refractivity contribution in [3.05, 3.63) is 76.8 Å². The molecule has 9 heteroatoms. The van der Waals surface area contributed by atoms with Gasteiger partial charge in [0.25, 0.3) is 0 Å². The molecule has 0 aliphatic carbocycles. The molecule has 0 aliphatic rings. The van der Waals surface area contributed by atoms with Gasteiger partial charge in [0.15, 0.2) is 0 Å². The molecule has 1 heterocycles. The summed E-state index contributed by atoms with van der Waals surface area (Å²) in [6.07, 6.45) is 1.99. The largest absolute Gasteiger partial charge is 0.350 e. The molecule has 39 heavy (non-hydrogen) atoms. The first-order valence-electron chi connectivity index (χ1n) is 13.3. The zero-order chi connectivity index (χ0) is 28.4. The lowest BCUT2D eigenvalue weighted by molar-refractivity contribution is -0.129. The van der Waals surface area contributed by atoms with Crippen LogP contribution in [0.4, 0.5) is 0 Å². The Morgan fingerprint density at radius 2 is 1.74 bits per heavy atom. The monoisotopic (exact) mass is 549 g/mol. The second kappa shape index (κ2) is 14.6. The van der Waals surface area contributed by atoms with E-state index in [1.807, 2.05) is 55.4 Å². The molecule has 3 aromatic rings. The number of amides is 3. The van der Waals surface area contributed by atoms with Crippen molar-refractivity contribution in [1.82, 2.24) is 25.8 Å². The molecule has 208 valence electrons. The highest BCUT2D eigenvalue weighted by molar-refractivity contribution is 7.18. The lowest BCUT2D eigenvalue weighted by Gasteiger charge is -2.24. The molecule has 0 unspecified atom stereocenters. The summed E-state index contributed by atoms with van der Waals surface area (Å²) < 4.78 is 1.06. The zero-order valence-corrected chi connectivity index (χ0v) is 24.1. The highest BCUT2D eigenvalue weighted by Gasteiger charge is 2.25. The number of rotatable bonds is 14. The SMILES string of the molecule is C=C(CN(C)C)C(=O)NC[C@H](Cc1ccccc1)NC(=O)[C@H](Cc1nc2ccc(CC)cc2s1)NC(=O)CC. The number of carbonyl (C=O) groups is 3. The molecule has 0 spiro atoms. The number of benzene rings is 2. The Hall–Kier alpha value is -3.56. The van der Waals surface area contributed by atoms with E-state index in [1.54, 1.807) is 6.92 Å². The van der Waals surface area contributed by atoms with Crippen LogP contribution in [0.15, 0.2) is 60.7 Å². The summed E-state index contributed by atoms with van der Waals surface area (Å²) in [5.41, 5.74) is 3.58. The van der Waals surface area contributed by atoms with Crippen molar-refractivity contribution >= 4 is 39.3 Å². The molecule has 0 saturated carbocycles. The smallest absolute Gasteiger partial charge is 0.247 e. The molecule has 2 aromatic carbocycles. The number of nitrogens with one attached hydrogen (secondary N) is 3. The third kappa shape index (κ3) is 9.30. The molecule has 0 aliphatic heterocycles. The van der Waals surface area contributed by atoms with E-state index in [0.29, 0.717) is 18.5 Å². The quantitative estimate of drug-likeness (QED) is 0.268. The van der Waals surface area contributed by atoms with Crippen molar-refractivity contribution < 1.29 is 14.4 Å². The lowest BCUT2D eigenvalue weighted by Crippen LogP contribution is -2.53. The number of carbonyl (C=O) groups excluding carboxylic acids is 3. The van der Waals surface area contributed by atoms with Gasteiger partial charge < -0.3 is 20.9 Å².